The first-order chi connectivity index (χ1) is 10.8. The van der Waals surface area contributed by atoms with Crippen molar-refractivity contribution in [1.82, 2.24) is 10.2 Å². The molecule has 23 heavy (non-hydrogen) atoms. The third-order valence-corrected chi connectivity index (χ3v) is 4.96. The number of hydrogen-bond acceptors (Lipinski definition) is 4. The molecule has 1 saturated heterocycles. The maximum Gasteiger partial charge on any atom is 0.410 e. The van der Waals surface area contributed by atoms with Crippen LogP contribution < -0.4 is 5.32 Å². The van der Waals surface area contributed by atoms with Gasteiger partial charge in [-0.25, -0.2) is 4.79 Å². The van der Waals surface area contributed by atoms with Gasteiger partial charge in [0.25, 0.3) is 0 Å². The molecule has 0 aromatic rings. The van der Waals surface area contributed by atoms with Crippen LogP contribution in [0.1, 0.15) is 66.2 Å². The van der Waals surface area contributed by atoms with Gasteiger partial charge in [-0.3, -0.25) is 0 Å². The Morgan fingerprint density at radius 2 is 2.04 bits per heavy atom. The van der Waals surface area contributed by atoms with Gasteiger partial charge in [-0.05, 0) is 72.3 Å². The molecule has 0 radical (unpaired) electrons. The molecule has 2 aliphatic rings. The van der Waals surface area contributed by atoms with Crippen molar-refractivity contribution in [3.63, 3.8) is 0 Å². The van der Waals surface area contributed by atoms with Gasteiger partial charge < -0.3 is 20.1 Å². The Labute approximate surface area is 140 Å². The summed E-state index contributed by atoms with van der Waals surface area (Å²) < 4.78 is 5.59. The molecule has 2 N–H and O–H groups in total. The lowest BCUT2D eigenvalue weighted by atomic mass is 9.92. The summed E-state index contributed by atoms with van der Waals surface area (Å²) in [6, 6.07) is 0.762. The second-order valence-electron chi connectivity index (χ2n) is 8.18. The van der Waals surface area contributed by atoms with Gasteiger partial charge in [0.1, 0.15) is 5.60 Å². The van der Waals surface area contributed by atoms with Gasteiger partial charge in [0.15, 0.2) is 0 Å². The van der Waals surface area contributed by atoms with Crippen molar-refractivity contribution in [1.29, 1.82) is 0 Å². The lowest BCUT2D eigenvalue weighted by Gasteiger charge is -2.34. The fourth-order valence-corrected chi connectivity index (χ4v) is 3.97. The molecule has 0 aromatic heterocycles. The Bertz CT molecular complexity index is 392. The van der Waals surface area contributed by atoms with Crippen molar-refractivity contribution in [2.45, 2.75) is 90.0 Å². The molecule has 2 rings (SSSR count). The molecule has 1 aliphatic heterocycles. The average molecular weight is 326 g/mol. The molecule has 4 atom stereocenters. The van der Waals surface area contributed by atoms with Crippen molar-refractivity contribution in [3.8, 4) is 0 Å². The normalized spacial score (nSPS) is 29.8. The SMILES string of the molecule is CC(O)CCNC1CCCC1C1CCCN1C(=O)OC(C)(C)C. The van der Waals surface area contributed by atoms with Crippen molar-refractivity contribution in [2.24, 2.45) is 5.92 Å². The summed E-state index contributed by atoms with van der Waals surface area (Å²) in [5.41, 5.74) is -0.436. The summed E-state index contributed by atoms with van der Waals surface area (Å²) in [7, 11) is 0. The topological polar surface area (TPSA) is 61.8 Å². The predicted octanol–water partition coefficient (Wildman–Crippen LogP) is 2.92. The number of amides is 1. The first-order valence-corrected chi connectivity index (χ1v) is 9.19. The van der Waals surface area contributed by atoms with Gasteiger partial charge in [0.05, 0.1) is 6.10 Å². The van der Waals surface area contributed by atoms with Crippen molar-refractivity contribution >= 4 is 6.09 Å². The minimum Gasteiger partial charge on any atom is -0.444 e. The monoisotopic (exact) mass is 326 g/mol. The lowest BCUT2D eigenvalue weighted by Crippen LogP contribution is -2.47. The summed E-state index contributed by atoms with van der Waals surface area (Å²) in [5, 5.41) is 13.0. The van der Waals surface area contributed by atoms with E-state index in [1.165, 1.54) is 19.3 Å². The van der Waals surface area contributed by atoms with E-state index in [2.05, 4.69) is 5.32 Å². The number of nitrogens with one attached hydrogen (secondary N) is 1. The molecule has 5 heteroatoms. The molecule has 1 heterocycles. The Balaban J connectivity index is 1.93. The highest BCUT2D eigenvalue weighted by atomic mass is 16.6. The zero-order valence-electron chi connectivity index (χ0n) is 15.2. The molecule has 1 amide bonds. The van der Waals surface area contributed by atoms with Gasteiger partial charge in [-0.2, -0.15) is 0 Å². The van der Waals surface area contributed by atoms with Gasteiger partial charge in [-0.15, -0.1) is 0 Å². The predicted molar refractivity (Wildman–Crippen MR) is 91.4 cm³/mol. The molecule has 1 saturated carbocycles. The smallest absolute Gasteiger partial charge is 0.410 e. The van der Waals surface area contributed by atoms with Crippen LogP contribution in [0.2, 0.25) is 0 Å². The largest absolute Gasteiger partial charge is 0.444 e. The van der Waals surface area contributed by atoms with Crippen LogP contribution in [0.5, 0.6) is 0 Å². The van der Waals surface area contributed by atoms with E-state index < -0.39 is 5.60 Å². The zero-order valence-corrected chi connectivity index (χ0v) is 15.2. The number of aliphatic hydroxyl groups excluding tert-OH is 1. The number of nitrogens with zero attached hydrogens (tertiary/aromatic N) is 1. The first kappa shape index (κ1) is 18.5. The Kier molecular flexibility index (Phi) is 6.32. The average Bonchev–Trinajstić information content (AvgIpc) is 3.03. The number of carbonyl (C=O) groups is 1. The second kappa shape index (κ2) is 7.84. The van der Waals surface area contributed by atoms with Gasteiger partial charge in [0.2, 0.25) is 0 Å². The van der Waals surface area contributed by atoms with Crippen LogP contribution in [0.15, 0.2) is 0 Å². The van der Waals surface area contributed by atoms with Crippen molar-refractivity contribution in [2.75, 3.05) is 13.1 Å². The number of carbonyl (C=O) groups excluding carboxylic acids is 1. The summed E-state index contributed by atoms with van der Waals surface area (Å²) in [5.74, 6) is 0.513. The third kappa shape index (κ3) is 5.35. The molecule has 0 spiro atoms. The maximum atomic E-state index is 12.5. The van der Waals surface area contributed by atoms with E-state index in [1.54, 1.807) is 0 Å². The number of hydrogen-bond donors (Lipinski definition) is 2. The molecule has 0 bridgehead atoms. The fraction of sp³-hybridized carbons (Fsp3) is 0.944. The Morgan fingerprint density at radius 1 is 1.30 bits per heavy atom. The van der Waals surface area contributed by atoms with Crippen LogP contribution >= 0.6 is 0 Å². The minimum atomic E-state index is -0.436. The minimum absolute atomic E-state index is 0.158. The first-order valence-electron chi connectivity index (χ1n) is 9.19. The van der Waals surface area contributed by atoms with Crippen LogP contribution in [0.4, 0.5) is 4.79 Å². The van der Waals surface area contributed by atoms with E-state index in [4.69, 9.17) is 4.74 Å². The van der Waals surface area contributed by atoms with E-state index in [-0.39, 0.29) is 12.2 Å². The molecule has 5 nitrogen and oxygen atoms in total. The molecule has 2 fully saturated rings. The van der Waals surface area contributed by atoms with Crippen LogP contribution in [0, 0.1) is 5.92 Å². The summed E-state index contributed by atoms with van der Waals surface area (Å²) in [6.07, 6.45) is 6.08. The van der Waals surface area contributed by atoms with Gasteiger partial charge in [0, 0.05) is 18.6 Å². The van der Waals surface area contributed by atoms with E-state index in [0.717, 1.165) is 32.4 Å². The van der Waals surface area contributed by atoms with Crippen molar-refractivity contribution in [3.05, 3.63) is 0 Å². The molecule has 0 aromatic carbocycles. The second-order valence-corrected chi connectivity index (χ2v) is 8.18. The molecular weight excluding hydrogens is 292 g/mol. The van der Waals surface area contributed by atoms with Crippen LogP contribution in [-0.4, -0.2) is 53.0 Å². The highest BCUT2D eigenvalue weighted by Gasteiger charge is 2.41. The van der Waals surface area contributed by atoms with E-state index in [9.17, 15) is 9.90 Å². The van der Waals surface area contributed by atoms with Crippen molar-refractivity contribution < 1.29 is 14.6 Å². The van der Waals surface area contributed by atoms with E-state index in [1.807, 2.05) is 32.6 Å². The van der Waals surface area contributed by atoms with Crippen LogP contribution in [0.3, 0.4) is 0 Å². The van der Waals surface area contributed by atoms with Crippen LogP contribution in [-0.2, 0) is 4.74 Å². The maximum absolute atomic E-state index is 12.5. The highest BCUT2D eigenvalue weighted by Crippen LogP contribution is 2.36. The highest BCUT2D eigenvalue weighted by molar-refractivity contribution is 5.69. The van der Waals surface area contributed by atoms with E-state index in [0.29, 0.717) is 18.0 Å². The lowest BCUT2D eigenvalue weighted by molar-refractivity contribution is 0.0166. The standard InChI is InChI=1S/C18H34N2O3/c1-13(21)10-11-19-15-8-5-7-14(15)16-9-6-12-20(16)17(22)23-18(2,3)4/h13-16,19,21H,5-12H2,1-4H3. The third-order valence-electron chi connectivity index (χ3n) is 4.96. The Morgan fingerprint density at radius 3 is 2.70 bits per heavy atom. The van der Waals surface area contributed by atoms with Gasteiger partial charge >= 0.3 is 6.09 Å². The molecule has 1 aliphatic carbocycles. The summed E-state index contributed by atoms with van der Waals surface area (Å²) in [6.45, 7) is 9.26. The summed E-state index contributed by atoms with van der Waals surface area (Å²) in [4.78, 5) is 14.5. The zero-order chi connectivity index (χ0) is 17.0. The van der Waals surface area contributed by atoms with Crippen LogP contribution in [0.25, 0.3) is 0 Å². The van der Waals surface area contributed by atoms with Gasteiger partial charge in [-0.1, -0.05) is 6.42 Å². The quantitative estimate of drug-likeness (QED) is 0.815. The number of ether oxygens (including phenoxy) is 1. The molecule has 4 unspecified atom stereocenters. The Hall–Kier alpha value is -0.810. The number of likely N-dealkylation sites (tertiary alicyclic amines) is 1. The molecular formula is C18H34N2O3. The molecule has 134 valence electrons. The summed E-state index contributed by atoms with van der Waals surface area (Å²) >= 11 is 0. The fourth-order valence-electron chi connectivity index (χ4n) is 3.97. The van der Waals surface area contributed by atoms with E-state index >= 15 is 0 Å². The number of aliphatic hydroxyl groups is 1. The number of rotatable bonds is 5.